The number of H-pyrrole nitrogens is 1. The third-order valence-electron chi connectivity index (χ3n) is 5.70. The van der Waals surface area contributed by atoms with Crippen LogP contribution in [0.4, 0.5) is 8.78 Å². The number of nitrogens with two attached hydrogens (primary N) is 1. The fraction of sp³-hybridized carbons (Fsp3) is 0.154. The first-order valence-electron chi connectivity index (χ1n) is 10.3. The number of rotatable bonds is 5. The van der Waals surface area contributed by atoms with Crippen LogP contribution in [0.3, 0.4) is 0 Å². The highest BCUT2D eigenvalue weighted by Gasteiger charge is 2.18. The zero-order valence-electron chi connectivity index (χ0n) is 18.7. The number of carbonyl (C=O) groups is 1. The zero-order valence-corrected chi connectivity index (χ0v) is 18.7. The van der Waals surface area contributed by atoms with Crippen LogP contribution >= 0.6 is 0 Å². The largest absolute Gasteiger partial charge is 0.493 e. The summed E-state index contributed by atoms with van der Waals surface area (Å²) in [6, 6.07) is 7.93. The molecule has 4 rings (SSSR count). The van der Waals surface area contributed by atoms with Crippen molar-refractivity contribution in [3.05, 3.63) is 76.6 Å². The van der Waals surface area contributed by atoms with E-state index in [0.29, 0.717) is 33.5 Å². The number of primary amides is 1. The molecule has 1 amide bonds. The normalized spacial score (nSPS) is 11.8. The summed E-state index contributed by atoms with van der Waals surface area (Å²) in [7, 11) is 1.43. The van der Waals surface area contributed by atoms with E-state index in [0.717, 1.165) is 22.1 Å². The van der Waals surface area contributed by atoms with Gasteiger partial charge in [0.25, 0.3) is 0 Å². The van der Waals surface area contributed by atoms with Crippen LogP contribution in [0.2, 0.25) is 0 Å². The third-order valence-corrected chi connectivity index (χ3v) is 5.70. The maximum absolute atomic E-state index is 14.5. The molecule has 0 saturated carbocycles. The number of methoxy groups -OCH3 is 1. The molecule has 0 aliphatic heterocycles. The predicted molar refractivity (Wildman–Crippen MR) is 126 cm³/mol. The molecule has 33 heavy (non-hydrogen) atoms. The van der Waals surface area contributed by atoms with E-state index in [1.54, 1.807) is 25.4 Å². The second-order valence-electron chi connectivity index (χ2n) is 8.01. The molecule has 0 radical (unpaired) electrons. The molecule has 0 fully saturated rings. The number of pyridine rings is 1. The zero-order chi connectivity index (χ0) is 23.9. The molecule has 0 spiro atoms. The van der Waals surface area contributed by atoms with Crippen molar-refractivity contribution < 1.29 is 18.3 Å². The minimum absolute atomic E-state index is 0.142. The van der Waals surface area contributed by atoms with Crippen molar-refractivity contribution >= 4 is 23.0 Å². The van der Waals surface area contributed by atoms with Crippen molar-refractivity contribution in [1.82, 2.24) is 9.97 Å². The number of carbonyl (C=O) groups excluding carboxylic acids is 1. The summed E-state index contributed by atoms with van der Waals surface area (Å²) in [5, 5.41) is 0.741. The van der Waals surface area contributed by atoms with Crippen molar-refractivity contribution in [2.75, 3.05) is 7.11 Å². The number of halogens is 2. The van der Waals surface area contributed by atoms with Crippen molar-refractivity contribution in [1.29, 1.82) is 0 Å². The van der Waals surface area contributed by atoms with Crippen molar-refractivity contribution in [3.8, 4) is 28.0 Å². The Balaban J connectivity index is 1.92. The van der Waals surface area contributed by atoms with Crippen LogP contribution in [-0.4, -0.2) is 23.0 Å². The number of fused-ring (bicyclic) bond motifs is 1. The molecule has 7 heteroatoms. The second kappa shape index (κ2) is 8.50. The first-order chi connectivity index (χ1) is 15.7. The van der Waals surface area contributed by atoms with E-state index < -0.39 is 17.5 Å². The Labute approximate surface area is 189 Å². The molecule has 168 valence electrons. The van der Waals surface area contributed by atoms with Crippen LogP contribution < -0.4 is 10.5 Å². The highest BCUT2D eigenvalue weighted by molar-refractivity contribution is 5.98. The van der Waals surface area contributed by atoms with E-state index in [1.165, 1.54) is 25.3 Å². The molecule has 2 aromatic heterocycles. The smallest absolute Gasteiger partial charge is 0.244 e. The van der Waals surface area contributed by atoms with Crippen LogP contribution in [-0.2, 0) is 4.79 Å². The lowest BCUT2D eigenvalue weighted by Crippen LogP contribution is -2.11. The van der Waals surface area contributed by atoms with Gasteiger partial charge < -0.3 is 15.5 Å². The van der Waals surface area contributed by atoms with Crippen LogP contribution in [0.25, 0.3) is 39.4 Å². The lowest BCUT2D eigenvalue weighted by atomic mass is 9.94. The molecular weight excluding hydrogens is 424 g/mol. The quantitative estimate of drug-likeness (QED) is 0.386. The van der Waals surface area contributed by atoms with Gasteiger partial charge in [-0.05, 0) is 79.4 Å². The molecule has 0 aliphatic rings. The van der Waals surface area contributed by atoms with Gasteiger partial charge in [-0.15, -0.1) is 0 Å². The third kappa shape index (κ3) is 4.09. The van der Waals surface area contributed by atoms with E-state index in [2.05, 4.69) is 9.97 Å². The highest BCUT2D eigenvalue weighted by Crippen LogP contribution is 2.39. The Hall–Kier alpha value is -4.00. The van der Waals surface area contributed by atoms with Crippen molar-refractivity contribution in [2.24, 2.45) is 5.73 Å². The summed E-state index contributed by atoms with van der Waals surface area (Å²) in [6.45, 7) is 5.24. The Morgan fingerprint density at radius 1 is 1.09 bits per heavy atom. The maximum atomic E-state index is 14.5. The molecule has 0 saturated heterocycles. The highest BCUT2D eigenvalue weighted by atomic mass is 19.1. The molecule has 0 aliphatic carbocycles. The minimum atomic E-state index is -0.570. The number of ether oxygens (including phenoxy) is 1. The minimum Gasteiger partial charge on any atom is -0.493 e. The van der Waals surface area contributed by atoms with Gasteiger partial charge in [-0.2, -0.15) is 0 Å². The SMILES string of the molecule is COc1c(F)cc(C)cc1-c1c[nH]c2ncc(-c3cc(F)cc(C=C(C)C(N)=O)c3C)cc12. The van der Waals surface area contributed by atoms with Gasteiger partial charge in [-0.3, -0.25) is 4.79 Å². The van der Waals surface area contributed by atoms with Crippen LogP contribution in [0.5, 0.6) is 5.75 Å². The monoisotopic (exact) mass is 447 g/mol. The van der Waals surface area contributed by atoms with Gasteiger partial charge in [-0.1, -0.05) is 0 Å². The Bertz CT molecular complexity index is 1440. The van der Waals surface area contributed by atoms with Crippen molar-refractivity contribution in [3.63, 3.8) is 0 Å². The topological polar surface area (TPSA) is 81.0 Å². The number of nitrogens with zero attached hydrogens (tertiary/aromatic N) is 1. The lowest BCUT2D eigenvalue weighted by Gasteiger charge is -2.12. The Morgan fingerprint density at radius 3 is 2.55 bits per heavy atom. The summed E-state index contributed by atoms with van der Waals surface area (Å²) in [5.74, 6) is -1.33. The fourth-order valence-corrected chi connectivity index (χ4v) is 3.96. The van der Waals surface area contributed by atoms with E-state index in [1.807, 2.05) is 26.0 Å². The van der Waals surface area contributed by atoms with Gasteiger partial charge >= 0.3 is 0 Å². The number of nitrogens with one attached hydrogen (secondary N) is 1. The van der Waals surface area contributed by atoms with E-state index in [9.17, 15) is 13.6 Å². The first-order valence-corrected chi connectivity index (χ1v) is 10.3. The average Bonchev–Trinajstić information content (AvgIpc) is 3.18. The first kappa shape index (κ1) is 22.2. The lowest BCUT2D eigenvalue weighted by molar-refractivity contribution is -0.114. The molecule has 5 nitrogen and oxygen atoms in total. The molecule has 3 N–H and O–H groups in total. The average molecular weight is 447 g/mol. The number of amides is 1. The van der Waals surface area contributed by atoms with Crippen molar-refractivity contribution in [2.45, 2.75) is 20.8 Å². The number of hydrogen-bond acceptors (Lipinski definition) is 3. The summed E-state index contributed by atoms with van der Waals surface area (Å²) >= 11 is 0. The van der Waals surface area contributed by atoms with Gasteiger partial charge in [0, 0.05) is 40.0 Å². The second-order valence-corrected chi connectivity index (χ2v) is 8.01. The summed E-state index contributed by atoms with van der Waals surface area (Å²) in [4.78, 5) is 19.1. The molecule has 4 aromatic rings. The van der Waals surface area contributed by atoms with Gasteiger partial charge in [-0.25, -0.2) is 13.8 Å². The van der Waals surface area contributed by atoms with Crippen LogP contribution in [0.1, 0.15) is 23.6 Å². The van der Waals surface area contributed by atoms with Gasteiger partial charge in [0.05, 0.1) is 7.11 Å². The van der Waals surface area contributed by atoms with Crippen LogP contribution in [0.15, 0.2) is 48.3 Å². The number of aromatic amines is 1. The van der Waals surface area contributed by atoms with E-state index >= 15 is 0 Å². The predicted octanol–water partition coefficient (Wildman–Crippen LogP) is 5.69. The molecule has 0 atom stereocenters. The Morgan fingerprint density at radius 2 is 1.85 bits per heavy atom. The molecule has 2 heterocycles. The number of aryl methyl sites for hydroxylation is 1. The standard InChI is InChI=1S/C26H23F2N3O2/c1-13-5-20(24(33-4)23(28)6-13)22-12-31-26-21(22)9-17(11-30-26)19-10-18(27)8-16(15(19)3)7-14(2)25(29)32/h5-12H,1-4H3,(H2,29,32)(H,30,31). The van der Waals surface area contributed by atoms with Gasteiger partial charge in [0.1, 0.15) is 11.5 Å². The number of aromatic nitrogens is 2. The molecular formula is C26H23F2N3O2. The van der Waals surface area contributed by atoms with Gasteiger partial charge in [0.2, 0.25) is 5.91 Å². The van der Waals surface area contributed by atoms with E-state index in [4.69, 9.17) is 10.5 Å². The maximum Gasteiger partial charge on any atom is 0.244 e. The summed E-state index contributed by atoms with van der Waals surface area (Å²) < 4.78 is 34.3. The Kier molecular flexibility index (Phi) is 5.72. The molecule has 2 aromatic carbocycles. The number of benzene rings is 2. The summed E-state index contributed by atoms with van der Waals surface area (Å²) in [5.41, 5.74) is 11.0. The molecule has 0 bridgehead atoms. The van der Waals surface area contributed by atoms with Crippen LogP contribution in [0, 0.1) is 25.5 Å². The van der Waals surface area contributed by atoms with Gasteiger partial charge in [0.15, 0.2) is 11.6 Å². The fourth-order valence-electron chi connectivity index (χ4n) is 3.96. The molecule has 0 unspecified atom stereocenters. The number of hydrogen-bond donors (Lipinski definition) is 2. The summed E-state index contributed by atoms with van der Waals surface area (Å²) in [6.07, 6.45) is 4.96. The van der Waals surface area contributed by atoms with E-state index in [-0.39, 0.29) is 5.75 Å².